The van der Waals surface area contributed by atoms with Crippen molar-refractivity contribution in [3.63, 3.8) is 0 Å². The standard InChI is InChI=1S/C11H12/c1-3-5-7-9-11-10-8-6-4-2/h1H,4,6,8,10H2,2H3. The first-order valence-corrected chi connectivity index (χ1v) is 3.85. The Bertz CT molecular complexity index is 231. The van der Waals surface area contributed by atoms with E-state index in [2.05, 4.69) is 36.5 Å². The van der Waals surface area contributed by atoms with Crippen LogP contribution in [0.15, 0.2) is 0 Å². The molecule has 0 fully saturated rings. The molecule has 0 saturated carbocycles. The van der Waals surface area contributed by atoms with Crippen LogP contribution < -0.4 is 0 Å². The lowest BCUT2D eigenvalue weighted by atomic mass is 10.2. The molecule has 0 saturated heterocycles. The molecule has 0 atom stereocenters. The van der Waals surface area contributed by atoms with Crippen molar-refractivity contribution >= 4 is 0 Å². The van der Waals surface area contributed by atoms with E-state index in [0.29, 0.717) is 0 Å². The van der Waals surface area contributed by atoms with Crippen LogP contribution in [0, 0.1) is 36.0 Å². The Morgan fingerprint density at radius 1 is 1.09 bits per heavy atom. The van der Waals surface area contributed by atoms with E-state index in [1.54, 1.807) is 0 Å². The normalized spacial score (nSPS) is 6.55. The van der Waals surface area contributed by atoms with E-state index in [1.807, 2.05) is 0 Å². The highest BCUT2D eigenvalue weighted by Gasteiger charge is 1.78. The van der Waals surface area contributed by atoms with Crippen molar-refractivity contribution in [3.8, 4) is 36.0 Å². The number of hydrogen-bond donors (Lipinski definition) is 0. The Kier molecular flexibility index (Phi) is 7.64. The van der Waals surface area contributed by atoms with E-state index in [1.165, 1.54) is 19.3 Å². The molecule has 0 aromatic carbocycles. The van der Waals surface area contributed by atoms with Gasteiger partial charge in [0.15, 0.2) is 0 Å². The molecule has 0 aromatic rings. The van der Waals surface area contributed by atoms with Crippen LogP contribution in [0.2, 0.25) is 0 Å². The quantitative estimate of drug-likeness (QED) is 0.421. The first kappa shape index (κ1) is 9.68. The fraction of sp³-hybridized carbons (Fsp3) is 0.455. The zero-order valence-corrected chi connectivity index (χ0v) is 6.91. The van der Waals surface area contributed by atoms with Crippen molar-refractivity contribution in [1.29, 1.82) is 0 Å². The lowest BCUT2D eigenvalue weighted by molar-refractivity contribution is 0.737. The van der Waals surface area contributed by atoms with E-state index in [-0.39, 0.29) is 0 Å². The summed E-state index contributed by atoms with van der Waals surface area (Å²) in [5.41, 5.74) is 0. The van der Waals surface area contributed by atoms with Crippen LogP contribution in [-0.4, -0.2) is 0 Å². The highest BCUT2D eigenvalue weighted by molar-refractivity contribution is 5.33. The van der Waals surface area contributed by atoms with Gasteiger partial charge in [0.05, 0.1) is 0 Å². The van der Waals surface area contributed by atoms with Crippen molar-refractivity contribution in [2.45, 2.75) is 32.6 Å². The molecule has 0 rings (SSSR count). The van der Waals surface area contributed by atoms with E-state index in [0.717, 1.165) is 6.42 Å². The molecular formula is C11H12. The Labute approximate surface area is 69.4 Å². The monoisotopic (exact) mass is 144 g/mol. The summed E-state index contributed by atoms with van der Waals surface area (Å²) in [4.78, 5) is 0. The van der Waals surface area contributed by atoms with Gasteiger partial charge < -0.3 is 0 Å². The predicted octanol–water partition coefficient (Wildman–Crippen LogP) is 2.21. The summed E-state index contributed by atoms with van der Waals surface area (Å²) in [5.74, 6) is 12.8. The van der Waals surface area contributed by atoms with Crippen molar-refractivity contribution in [1.82, 2.24) is 0 Å². The largest absolute Gasteiger partial charge is 0.106 e. The summed E-state index contributed by atoms with van der Waals surface area (Å²) in [6.07, 6.45) is 9.49. The summed E-state index contributed by atoms with van der Waals surface area (Å²) < 4.78 is 0. The van der Waals surface area contributed by atoms with Gasteiger partial charge in [0.2, 0.25) is 0 Å². The third kappa shape index (κ3) is 8.68. The molecular weight excluding hydrogens is 132 g/mol. The van der Waals surface area contributed by atoms with Crippen LogP contribution in [0.5, 0.6) is 0 Å². The Morgan fingerprint density at radius 2 is 1.91 bits per heavy atom. The van der Waals surface area contributed by atoms with Crippen LogP contribution >= 0.6 is 0 Å². The molecule has 56 valence electrons. The van der Waals surface area contributed by atoms with Gasteiger partial charge in [-0.25, -0.2) is 0 Å². The smallest absolute Gasteiger partial charge is 0.00989 e. The highest BCUT2D eigenvalue weighted by atomic mass is 13.8. The molecule has 0 heterocycles. The van der Waals surface area contributed by atoms with Gasteiger partial charge in [0.25, 0.3) is 0 Å². The second-order valence-corrected chi connectivity index (χ2v) is 2.15. The Hall–Kier alpha value is -1.32. The van der Waals surface area contributed by atoms with Gasteiger partial charge in [-0.1, -0.05) is 25.7 Å². The van der Waals surface area contributed by atoms with E-state index in [4.69, 9.17) is 6.42 Å². The number of unbranched alkanes of at least 4 members (excludes halogenated alkanes) is 3. The fourth-order valence-corrected chi connectivity index (χ4v) is 0.637. The summed E-state index contributed by atoms with van der Waals surface area (Å²) in [6, 6.07) is 0. The second kappa shape index (κ2) is 8.68. The van der Waals surface area contributed by atoms with Crippen LogP contribution in [0.25, 0.3) is 0 Å². The van der Waals surface area contributed by atoms with Crippen LogP contribution in [0.3, 0.4) is 0 Å². The van der Waals surface area contributed by atoms with E-state index < -0.39 is 0 Å². The second-order valence-electron chi connectivity index (χ2n) is 2.15. The minimum absolute atomic E-state index is 0.938. The molecule has 0 radical (unpaired) electrons. The number of hydrogen-bond acceptors (Lipinski definition) is 0. The maximum absolute atomic E-state index is 4.90. The summed E-state index contributed by atoms with van der Waals surface area (Å²) in [6.45, 7) is 2.17. The molecule has 0 nitrogen and oxygen atoms in total. The maximum atomic E-state index is 4.90. The van der Waals surface area contributed by atoms with Crippen molar-refractivity contribution in [2.75, 3.05) is 0 Å². The van der Waals surface area contributed by atoms with Crippen LogP contribution in [0.4, 0.5) is 0 Å². The average Bonchev–Trinajstić information content (AvgIpc) is 2.03. The number of rotatable bonds is 3. The molecule has 0 bridgehead atoms. The topological polar surface area (TPSA) is 0 Å². The molecule has 0 aromatic heterocycles. The Balaban J connectivity index is 3.35. The summed E-state index contributed by atoms with van der Waals surface area (Å²) in [5, 5.41) is 0. The first-order valence-electron chi connectivity index (χ1n) is 3.85. The van der Waals surface area contributed by atoms with Crippen LogP contribution in [0.1, 0.15) is 32.6 Å². The zero-order valence-electron chi connectivity index (χ0n) is 6.91. The van der Waals surface area contributed by atoms with Crippen molar-refractivity contribution in [3.05, 3.63) is 0 Å². The average molecular weight is 144 g/mol. The first-order chi connectivity index (χ1) is 5.41. The highest BCUT2D eigenvalue weighted by Crippen LogP contribution is 1.96. The molecule has 11 heavy (non-hydrogen) atoms. The lowest BCUT2D eigenvalue weighted by Gasteiger charge is -1.86. The molecule has 0 N–H and O–H groups in total. The SMILES string of the molecule is C#CC#CC#CCCCCC. The van der Waals surface area contributed by atoms with Gasteiger partial charge in [-0.3, -0.25) is 0 Å². The molecule has 0 heteroatoms. The van der Waals surface area contributed by atoms with E-state index >= 15 is 0 Å². The maximum Gasteiger partial charge on any atom is 0.00989 e. The summed E-state index contributed by atoms with van der Waals surface area (Å²) in [7, 11) is 0. The van der Waals surface area contributed by atoms with Gasteiger partial charge in [-0.2, -0.15) is 0 Å². The lowest BCUT2D eigenvalue weighted by Crippen LogP contribution is -1.70. The Morgan fingerprint density at radius 3 is 2.55 bits per heavy atom. The third-order valence-corrected chi connectivity index (χ3v) is 1.19. The van der Waals surface area contributed by atoms with Gasteiger partial charge in [0, 0.05) is 6.42 Å². The fourth-order valence-electron chi connectivity index (χ4n) is 0.637. The summed E-state index contributed by atoms with van der Waals surface area (Å²) >= 11 is 0. The third-order valence-electron chi connectivity index (χ3n) is 1.19. The van der Waals surface area contributed by atoms with Gasteiger partial charge in [-0.05, 0) is 30.1 Å². The minimum Gasteiger partial charge on any atom is -0.106 e. The molecule has 0 amide bonds. The zero-order chi connectivity index (χ0) is 8.36. The van der Waals surface area contributed by atoms with Crippen LogP contribution in [-0.2, 0) is 0 Å². The molecule has 0 aliphatic carbocycles. The molecule has 0 unspecified atom stereocenters. The van der Waals surface area contributed by atoms with Gasteiger partial charge in [0.1, 0.15) is 0 Å². The minimum atomic E-state index is 0.938. The number of terminal acetylenes is 1. The van der Waals surface area contributed by atoms with E-state index in [9.17, 15) is 0 Å². The predicted molar refractivity (Wildman–Crippen MR) is 48.5 cm³/mol. The van der Waals surface area contributed by atoms with Gasteiger partial charge >= 0.3 is 0 Å². The molecule has 0 aliphatic heterocycles. The van der Waals surface area contributed by atoms with Crippen molar-refractivity contribution in [2.24, 2.45) is 0 Å². The molecule has 0 aliphatic rings. The van der Waals surface area contributed by atoms with Gasteiger partial charge in [-0.15, -0.1) is 6.42 Å². The molecule has 0 spiro atoms. The van der Waals surface area contributed by atoms with Crippen molar-refractivity contribution < 1.29 is 0 Å².